The lowest BCUT2D eigenvalue weighted by Gasteiger charge is -1.94. The Morgan fingerprint density at radius 1 is 1.42 bits per heavy atom. The van der Waals surface area contributed by atoms with Crippen LogP contribution in [-0.4, -0.2) is 5.78 Å². The average Bonchev–Trinajstić information content (AvgIpc) is 2.08. The lowest BCUT2D eigenvalue weighted by atomic mass is 10.1. The zero-order valence-electron chi connectivity index (χ0n) is 7.79. The number of ketones is 1. The summed E-state index contributed by atoms with van der Waals surface area (Å²) in [6.45, 7) is 5.52. The number of nitrogen functional groups attached to an aromatic ring is 1. The van der Waals surface area contributed by atoms with E-state index in [-0.39, 0.29) is 7.21 Å². The molecule has 0 unspecified atom stereocenters. The van der Waals surface area contributed by atoms with E-state index in [1.165, 1.54) is 6.92 Å². The molecule has 0 aromatic heterocycles. The summed E-state index contributed by atoms with van der Waals surface area (Å²) < 4.78 is 0. The Bertz CT molecular complexity index is 261. The smallest absolute Gasteiger partial charge is 0.159 e. The molecule has 0 amide bonds. The quantitative estimate of drug-likeness (QED) is 0.516. The molecule has 1 rings (SSSR count). The molecule has 1 aromatic rings. The highest BCUT2D eigenvalue weighted by atomic mass is 16.1. The average molecular weight is 167 g/mol. The minimum Gasteiger partial charge on any atom is -0.399 e. The van der Waals surface area contributed by atoms with Crippen LogP contribution < -0.4 is 5.73 Å². The fourth-order valence-corrected chi connectivity index (χ4v) is 0.758. The summed E-state index contributed by atoms with van der Waals surface area (Å²) in [6.07, 6.45) is 0. The number of nitrogens with two attached hydrogens (primary N) is 1. The number of benzene rings is 1. The topological polar surface area (TPSA) is 43.1 Å². The summed E-state index contributed by atoms with van der Waals surface area (Å²) in [5.41, 5.74) is 6.74. The molecular weight excluding hydrogens is 150 g/mol. The van der Waals surface area contributed by atoms with E-state index in [9.17, 15) is 4.79 Å². The number of anilines is 1. The molecule has 0 saturated carbocycles. The summed E-state index contributed by atoms with van der Waals surface area (Å²) in [5, 5.41) is 0. The third kappa shape index (κ3) is 3.19. The van der Waals surface area contributed by atoms with Crippen LogP contribution in [0.25, 0.3) is 0 Å². The Labute approximate surface area is 74.9 Å². The van der Waals surface area contributed by atoms with Crippen LogP contribution >= 0.6 is 0 Å². The number of rotatable bonds is 1. The first-order chi connectivity index (χ1) is 5.70. The molecule has 2 N–H and O–H groups in total. The molecule has 1 aromatic carbocycles. The summed E-state index contributed by atoms with van der Waals surface area (Å²) in [5.74, 6) is 0.0484. The third-order valence-corrected chi connectivity index (χ3v) is 1.29. The van der Waals surface area contributed by atoms with Gasteiger partial charge in [-0.1, -0.05) is 26.0 Å². The van der Waals surface area contributed by atoms with Crippen LogP contribution in [0.1, 0.15) is 32.6 Å². The van der Waals surface area contributed by atoms with E-state index in [2.05, 4.69) is 0 Å². The lowest BCUT2D eigenvalue weighted by molar-refractivity contribution is 0.101. The second kappa shape index (κ2) is 5.35. The number of Topliss-reactive ketones (excluding diaryl/α,β-unsaturated/α-hetero) is 1. The maximum atomic E-state index is 10.7. The van der Waals surface area contributed by atoms with Crippen molar-refractivity contribution in [1.82, 2.24) is 0 Å². The van der Waals surface area contributed by atoms with Crippen LogP contribution in [0.15, 0.2) is 24.3 Å². The molecular formula is C10H17NO. The minimum atomic E-state index is 0. The second-order valence-electron chi connectivity index (χ2n) is 2.18. The molecule has 0 aliphatic heterocycles. The van der Waals surface area contributed by atoms with Gasteiger partial charge in [-0.3, -0.25) is 4.79 Å². The van der Waals surface area contributed by atoms with Gasteiger partial charge in [-0.05, 0) is 19.1 Å². The van der Waals surface area contributed by atoms with Gasteiger partial charge in [-0.2, -0.15) is 0 Å². The van der Waals surface area contributed by atoms with Gasteiger partial charge in [0.1, 0.15) is 0 Å². The van der Waals surface area contributed by atoms with E-state index in [4.69, 9.17) is 5.73 Å². The zero-order valence-corrected chi connectivity index (χ0v) is 7.79. The Balaban J connectivity index is 0. The molecule has 2 nitrogen and oxygen atoms in total. The number of hydrogen-bond acceptors (Lipinski definition) is 2. The normalized spacial score (nSPS) is 8.25. The van der Waals surface area contributed by atoms with E-state index in [0.717, 1.165) is 0 Å². The fourth-order valence-electron chi connectivity index (χ4n) is 0.758. The van der Waals surface area contributed by atoms with Gasteiger partial charge >= 0.3 is 0 Å². The standard InChI is InChI=1S/C8H9NO.C2H6.H2/c1-6(10)7-3-2-4-8(9)5-7;1-2;/h2-5H,9H2,1H3;1-2H3;1H. The summed E-state index contributed by atoms with van der Waals surface area (Å²) in [4.78, 5) is 10.7. The Kier molecular flexibility index (Phi) is 4.77. The number of hydrogen-bond donors (Lipinski definition) is 1. The Hall–Kier alpha value is -1.31. The monoisotopic (exact) mass is 167 g/mol. The summed E-state index contributed by atoms with van der Waals surface area (Å²) >= 11 is 0. The van der Waals surface area contributed by atoms with Crippen molar-refractivity contribution in [2.24, 2.45) is 0 Å². The number of carbonyl (C=O) groups is 1. The van der Waals surface area contributed by atoms with Crippen LogP contribution in [0.3, 0.4) is 0 Å². The first kappa shape index (κ1) is 10.7. The van der Waals surface area contributed by atoms with Gasteiger partial charge in [0.2, 0.25) is 0 Å². The van der Waals surface area contributed by atoms with Crippen molar-refractivity contribution in [2.75, 3.05) is 5.73 Å². The van der Waals surface area contributed by atoms with Crippen LogP contribution in [0.5, 0.6) is 0 Å². The maximum Gasteiger partial charge on any atom is 0.159 e. The summed E-state index contributed by atoms with van der Waals surface area (Å²) in [7, 11) is 0. The van der Waals surface area contributed by atoms with Crippen LogP contribution in [0.2, 0.25) is 0 Å². The van der Waals surface area contributed by atoms with Crippen LogP contribution in [-0.2, 0) is 0 Å². The van der Waals surface area contributed by atoms with Crippen molar-refractivity contribution in [3.8, 4) is 0 Å². The van der Waals surface area contributed by atoms with Crippen molar-refractivity contribution >= 4 is 11.5 Å². The minimum absolute atomic E-state index is 0. The van der Waals surface area contributed by atoms with Gasteiger partial charge in [-0.15, -0.1) is 0 Å². The highest BCUT2D eigenvalue weighted by Gasteiger charge is 1.96. The van der Waals surface area contributed by atoms with E-state index < -0.39 is 0 Å². The van der Waals surface area contributed by atoms with Crippen molar-refractivity contribution in [3.05, 3.63) is 29.8 Å². The SMILES string of the molecule is CC.CC(=O)c1cccc(N)c1.[HH]. The van der Waals surface area contributed by atoms with Crippen LogP contribution in [0, 0.1) is 0 Å². The van der Waals surface area contributed by atoms with Gasteiger partial charge in [0, 0.05) is 12.7 Å². The molecule has 0 spiro atoms. The molecule has 12 heavy (non-hydrogen) atoms. The molecule has 0 aliphatic carbocycles. The first-order valence-electron chi connectivity index (χ1n) is 4.06. The van der Waals surface area contributed by atoms with Crippen molar-refractivity contribution in [1.29, 1.82) is 0 Å². The van der Waals surface area contributed by atoms with Gasteiger partial charge in [0.15, 0.2) is 5.78 Å². The zero-order chi connectivity index (χ0) is 9.56. The number of carbonyl (C=O) groups excluding carboxylic acids is 1. The van der Waals surface area contributed by atoms with Crippen molar-refractivity contribution in [3.63, 3.8) is 0 Å². The highest BCUT2D eigenvalue weighted by molar-refractivity contribution is 5.94. The molecule has 0 fully saturated rings. The molecule has 2 heteroatoms. The predicted octanol–water partition coefficient (Wildman–Crippen LogP) is 2.74. The van der Waals surface area contributed by atoms with Crippen LogP contribution in [0.4, 0.5) is 5.69 Å². The van der Waals surface area contributed by atoms with E-state index >= 15 is 0 Å². The van der Waals surface area contributed by atoms with E-state index in [0.29, 0.717) is 11.3 Å². The fraction of sp³-hybridized carbons (Fsp3) is 0.300. The highest BCUT2D eigenvalue weighted by Crippen LogP contribution is 2.06. The lowest BCUT2D eigenvalue weighted by Crippen LogP contribution is -1.93. The van der Waals surface area contributed by atoms with Gasteiger partial charge in [0.25, 0.3) is 0 Å². The van der Waals surface area contributed by atoms with Crippen molar-refractivity contribution < 1.29 is 6.22 Å². The van der Waals surface area contributed by atoms with Gasteiger partial charge in [0.05, 0.1) is 0 Å². The van der Waals surface area contributed by atoms with Crippen molar-refractivity contribution in [2.45, 2.75) is 20.8 Å². The molecule has 68 valence electrons. The Morgan fingerprint density at radius 2 is 2.00 bits per heavy atom. The first-order valence-corrected chi connectivity index (χ1v) is 4.06. The molecule has 0 heterocycles. The molecule has 0 saturated heterocycles. The second-order valence-corrected chi connectivity index (χ2v) is 2.18. The third-order valence-electron chi connectivity index (χ3n) is 1.29. The molecule has 0 radical (unpaired) electrons. The van der Waals surface area contributed by atoms with Gasteiger partial charge in [-0.25, -0.2) is 0 Å². The van der Waals surface area contributed by atoms with E-state index in [1.807, 2.05) is 13.8 Å². The summed E-state index contributed by atoms with van der Waals surface area (Å²) in [6, 6.07) is 6.94. The largest absolute Gasteiger partial charge is 0.399 e. The maximum absolute atomic E-state index is 10.7. The van der Waals surface area contributed by atoms with Gasteiger partial charge < -0.3 is 5.73 Å². The predicted molar refractivity (Wildman–Crippen MR) is 54.3 cm³/mol. The van der Waals surface area contributed by atoms with E-state index in [1.54, 1.807) is 24.3 Å². The molecule has 0 bridgehead atoms. The Morgan fingerprint density at radius 3 is 2.33 bits per heavy atom. The molecule has 0 aliphatic rings. The molecule has 0 atom stereocenters.